The van der Waals surface area contributed by atoms with E-state index in [1.54, 1.807) is 6.92 Å². The van der Waals surface area contributed by atoms with Gasteiger partial charge >= 0.3 is 11.9 Å². The lowest BCUT2D eigenvalue weighted by atomic mass is 10.1. The molecule has 0 aromatic heterocycles. The first kappa shape index (κ1) is 50.4. The van der Waals surface area contributed by atoms with E-state index in [-0.39, 0.29) is 18.5 Å². The predicted molar refractivity (Wildman–Crippen MR) is 226 cm³/mol. The van der Waals surface area contributed by atoms with Crippen LogP contribution in [0.1, 0.15) is 201 Å². The molecule has 0 heterocycles. The molecule has 2 atom stereocenters. The summed E-state index contributed by atoms with van der Waals surface area (Å²) >= 11 is 5.50. The number of allylic oxidation sites excluding steroid dienone is 4. The Hall–Kier alpha value is -1.57. The average molecular weight is 750 g/mol. The smallest absolute Gasteiger partial charge is 0.306 e. The summed E-state index contributed by atoms with van der Waals surface area (Å²) in [7, 11) is 3.96. The highest BCUT2D eigenvalue weighted by Gasteiger charge is 2.30. The normalized spacial score (nSPS) is 13.0. The minimum Gasteiger partial charge on any atom is -0.456 e. The van der Waals surface area contributed by atoms with E-state index in [0.29, 0.717) is 24.3 Å². The van der Waals surface area contributed by atoms with Crippen LogP contribution in [0.2, 0.25) is 0 Å². The van der Waals surface area contributed by atoms with E-state index in [1.165, 1.54) is 116 Å². The quantitative estimate of drug-likeness (QED) is 0.0268. The van der Waals surface area contributed by atoms with Crippen LogP contribution in [0.3, 0.4) is 0 Å². The first-order valence-corrected chi connectivity index (χ1v) is 22.1. The number of unbranched alkanes of at least 4 members (excludes halogenated alkanes) is 22. The second-order valence-corrected chi connectivity index (χ2v) is 15.7. The van der Waals surface area contributed by atoms with E-state index in [2.05, 4.69) is 38.2 Å². The first-order chi connectivity index (χ1) is 25.3. The number of esters is 2. The van der Waals surface area contributed by atoms with Gasteiger partial charge in [-0.05, 0) is 85.2 Å². The maximum Gasteiger partial charge on any atom is 0.306 e. The van der Waals surface area contributed by atoms with Crippen LogP contribution in [0.25, 0.3) is 0 Å². The van der Waals surface area contributed by atoms with E-state index in [1.807, 2.05) is 19.0 Å². The lowest BCUT2D eigenvalue weighted by molar-refractivity contribution is -0.167. The average Bonchev–Trinajstić information content (AvgIpc) is 3.11. The molecule has 0 amide bonds. The maximum atomic E-state index is 12.9. The molecule has 304 valence electrons. The molecule has 0 aliphatic heterocycles. The summed E-state index contributed by atoms with van der Waals surface area (Å²) in [4.78, 5) is 28.3. The summed E-state index contributed by atoms with van der Waals surface area (Å²) in [6, 6.07) is 0. The Labute approximate surface area is 327 Å². The fourth-order valence-corrected chi connectivity index (χ4v) is 6.36. The second-order valence-electron chi connectivity index (χ2n) is 15.1. The Morgan fingerprint density at radius 2 is 0.923 bits per heavy atom. The highest BCUT2D eigenvalue weighted by molar-refractivity contribution is 7.80. The standard InChI is InChI=1S/C45H83NO5S/c1-6-8-10-12-14-16-18-20-22-24-26-28-30-32-34-36-43(47)50-42(40-49-39-38-46(4)5)45(41(3)52)51-44(48)37-35-33-31-29-27-25-23-21-19-17-15-13-11-9-7-2/h20-23,42,45H,6-19,24-40H2,1-5H3/t42-,45?/m0/s1. The number of hydrogen-bond donors (Lipinski definition) is 0. The molecule has 52 heavy (non-hydrogen) atoms. The lowest BCUT2D eigenvalue weighted by Gasteiger charge is -2.27. The van der Waals surface area contributed by atoms with Gasteiger partial charge in [0.05, 0.1) is 13.2 Å². The van der Waals surface area contributed by atoms with Gasteiger partial charge < -0.3 is 19.1 Å². The Balaban J connectivity index is 4.39. The van der Waals surface area contributed by atoms with Crippen LogP contribution < -0.4 is 0 Å². The first-order valence-electron chi connectivity index (χ1n) is 21.7. The molecule has 0 fully saturated rings. The van der Waals surface area contributed by atoms with Gasteiger partial charge in [0, 0.05) is 24.3 Å². The third kappa shape index (κ3) is 35.5. The van der Waals surface area contributed by atoms with Crippen molar-refractivity contribution in [2.24, 2.45) is 0 Å². The fourth-order valence-electron chi connectivity index (χ4n) is 6.16. The molecule has 0 aromatic rings. The van der Waals surface area contributed by atoms with Gasteiger partial charge in [0.25, 0.3) is 0 Å². The van der Waals surface area contributed by atoms with Crippen molar-refractivity contribution in [2.75, 3.05) is 33.9 Å². The van der Waals surface area contributed by atoms with Crippen LogP contribution in [0, 0.1) is 0 Å². The number of ether oxygens (including phenoxy) is 3. The zero-order valence-corrected chi connectivity index (χ0v) is 35.6. The van der Waals surface area contributed by atoms with Crippen molar-refractivity contribution < 1.29 is 23.8 Å². The topological polar surface area (TPSA) is 65.1 Å². The van der Waals surface area contributed by atoms with Crippen LogP contribution >= 0.6 is 12.2 Å². The zero-order chi connectivity index (χ0) is 38.3. The van der Waals surface area contributed by atoms with Gasteiger partial charge in [-0.25, -0.2) is 0 Å². The molecule has 0 aliphatic carbocycles. The van der Waals surface area contributed by atoms with Crippen molar-refractivity contribution in [3.05, 3.63) is 24.3 Å². The largest absolute Gasteiger partial charge is 0.456 e. The predicted octanol–water partition coefficient (Wildman–Crippen LogP) is 12.9. The number of likely N-dealkylation sites (N-methyl/N-ethyl adjacent to an activating group) is 1. The molecule has 0 aliphatic rings. The van der Waals surface area contributed by atoms with Crippen molar-refractivity contribution in [1.82, 2.24) is 4.90 Å². The van der Waals surface area contributed by atoms with Crippen LogP contribution in [0.15, 0.2) is 24.3 Å². The van der Waals surface area contributed by atoms with Crippen molar-refractivity contribution in [3.8, 4) is 0 Å². The molecule has 0 saturated heterocycles. The van der Waals surface area contributed by atoms with E-state index >= 15 is 0 Å². The molecule has 7 heteroatoms. The molecule has 0 N–H and O–H groups in total. The minimum atomic E-state index is -0.789. The van der Waals surface area contributed by atoms with Gasteiger partial charge in [-0.1, -0.05) is 153 Å². The Morgan fingerprint density at radius 3 is 1.31 bits per heavy atom. The van der Waals surface area contributed by atoms with Crippen LogP contribution in [0.5, 0.6) is 0 Å². The van der Waals surface area contributed by atoms with E-state index in [0.717, 1.165) is 57.9 Å². The molecular weight excluding hydrogens is 667 g/mol. The summed E-state index contributed by atoms with van der Waals surface area (Å²) in [5.41, 5.74) is 0. The third-order valence-electron chi connectivity index (χ3n) is 9.53. The van der Waals surface area contributed by atoms with Gasteiger partial charge in [-0.15, -0.1) is 0 Å². The highest BCUT2D eigenvalue weighted by Crippen LogP contribution is 2.16. The molecular formula is C45H83NO5S. The molecule has 0 spiro atoms. The summed E-state index contributed by atoms with van der Waals surface area (Å²) < 4.78 is 17.6. The number of hydrogen-bond acceptors (Lipinski definition) is 7. The fraction of sp³-hybridized carbons (Fsp3) is 0.844. The minimum absolute atomic E-state index is 0.144. The highest BCUT2D eigenvalue weighted by atomic mass is 32.1. The molecule has 0 rings (SSSR count). The maximum absolute atomic E-state index is 12.9. The molecule has 0 saturated carbocycles. The summed E-state index contributed by atoms with van der Waals surface area (Å²) in [6.07, 6.45) is 40.0. The van der Waals surface area contributed by atoms with Crippen LogP contribution in [-0.2, 0) is 23.8 Å². The Kier molecular flexibility index (Phi) is 38.0. The van der Waals surface area contributed by atoms with Gasteiger partial charge in [-0.2, -0.15) is 0 Å². The van der Waals surface area contributed by atoms with Crippen LogP contribution in [0.4, 0.5) is 0 Å². The van der Waals surface area contributed by atoms with Crippen LogP contribution in [-0.4, -0.2) is 67.8 Å². The molecule has 0 bridgehead atoms. The summed E-state index contributed by atoms with van der Waals surface area (Å²) in [6.45, 7) is 7.65. The van der Waals surface area contributed by atoms with Gasteiger partial charge in [0.2, 0.25) is 0 Å². The monoisotopic (exact) mass is 750 g/mol. The van der Waals surface area contributed by atoms with Crippen molar-refractivity contribution in [3.63, 3.8) is 0 Å². The van der Waals surface area contributed by atoms with Gasteiger partial charge in [-0.3, -0.25) is 9.59 Å². The van der Waals surface area contributed by atoms with E-state index < -0.39 is 12.2 Å². The van der Waals surface area contributed by atoms with E-state index in [4.69, 9.17) is 26.4 Å². The SMILES string of the molecule is CCCCCCCCC=CCCCCCCCC(=O)OC(C(C)=S)[C@H](COCCN(C)C)OC(=O)CCCCCCCC=CCCCCCCCC. The lowest BCUT2D eigenvalue weighted by Crippen LogP contribution is -2.42. The third-order valence-corrected chi connectivity index (χ3v) is 9.76. The van der Waals surface area contributed by atoms with Crippen molar-refractivity contribution in [1.29, 1.82) is 0 Å². The Morgan fingerprint density at radius 1 is 0.558 bits per heavy atom. The number of carbonyl (C=O) groups is 2. The number of rotatable bonds is 39. The van der Waals surface area contributed by atoms with E-state index in [9.17, 15) is 9.59 Å². The molecule has 6 nitrogen and oxygen atoms in total. The zero-order valence-electron chi connectivity index (χ0n) is 34.8. The van der Waals surface area contributed by atoms with Crippen molar-refractivity contribution in [2.45, 2.75) is 213 Å². The molecule has 1 unspecified atom stereocenters. The number of carbonyl (C=O) groups excluding carboxylic acids is 2. The molecule has 0 radical (unpaired) electrons. The summed E-state index contributed by atoms with van der Waals surface area (Å²) in [5, 5.41) is 0. The number of thiocarbonyl (C=S) groups is 1. The van der Waals surface area contributed by atoms with Gasteiger partial charge in [0.1, 0.15) is 0 Å². The van der Waals surface area contributed by atoms with Gasteiger partial charge in [0.15, 0.2) is 12.2 Å². The Bertz CT molecular complexity index is 889. The number of nitrogens with zero attached hydrogens (tertiary/aromatic N) is 1. The molecule has 0 aromatic carbocycles. The second kappa shape index (κ2) is 39.1. The summed E-state index contributed by atoms with van der Waals surface area (Å²) in [5.74, 6) is -0.577. The van der Waals surface area contributed by atoms with Crippen molar-refractivity contribution >= 4 is 29.0 Å².